The van der Waals surface area contributed by atoms with E-state index in [9.17, 15) is 10.1 Å². The van der Waals surface area contributed by atoms with Crippen molar-refractivity contribution in [2.24, 2.45) is 0 Å². The molecule has 76 valence electrons. The van der Waals surface area contributed by atoms with Gasteiger partial charge >= 0.3 is 0 Å². The fourth-order valence-electron chi connectivity index (χ4n) is 1.12. The lowest BCUT2D eigenvalue weighted by Gasteiger charge is -2.18. The molecule has 0 radical (unpaired) electrons. The highest BCUT2D eigenvalue weighted by Crippen LogP contribution is 2.28. The van der Waals surface area contributed by atoms with Gasteiger partial charge in [-0.05, 0) is 39.6 Å². The van der Waals surface area contributed by atoms with E-state index in [4.69, 9.17) is 0 Å². The lowest BCUT2D eigenvalue weighted by atomic mass is 9.87. The van der Waals surface area contributed by atoms with Crippen LogP contribution in [-0.4, -0.2) is 4.92 Å². The van der Waals surface area contributed by atoms with Gasteiger partial charge in [0.25, 0.3) is 5.69 Å². The predicted molar refractivity (Wildman–Crippen MR) is 64.5 cm³/mol. The second kappa shape index (κ2) is 3.84. The van der Waals surface area contributed by atoms with E-state index in [2.05, 4.69) is 0 Å². The van der Waals surface area contributed by atoms with Crippen LogP contribution in [0.2, 0.25) is 0 Å². The Kier molecular flexibility index (Phi) is 3.14. The quantitative estimate of drug-likeness (QED) is 0.453. The molecule has 0 N–H and O–H groups in total. The van der Waals surface area contributed by atoms with Crippen LogP contribution >= 0.6 is 22.6 Å². The number of nitrogens with zero attached hydrogens (tertiary/aromatic N) is 1. The zero-order chi connectivity index (χ0) is 10.9. The van der Waals surface area contributed by atoms with E-state index in [-0.39, 0.29) is 16.0 Å². The molecule has 0 unspecified atom stereocenters. The Morgan fingerprint density at radius 1 is 1.36 bits per heavy atom. The second-order valence-corrected chi connectivity index (χ2v) is 5.34. The molecule has 14 heavy (non-hydrogen) atoms. The maximum atomic E-state index is 10.7. The number of hydrogen-bond donors (Lipinski definition) is 0. The zero-order valence-electron chi connectivity index (χ0n) is 8.37. The van der Waals surface area contributed by atoms with Crippen LogP contribution < -0.4 is 0 Å². The van der Waals surface area contributed by atoms with Crippen LogP contribution in [-0.2, 0) is 5.41 Å². The van der Waals surface area contributed by atoms with E-state index < -0.39 is 0 Å². The molecule has 4 heteroatoms. The highest BCUT2D eigenvalue weighted by Gasteiger charge is 2.19. The van der Waals surface area contributed by atoms with Gasteiger partial charge < -0.3 is 0 Å². The third-order valence-electron chi connectivity index (χ3n) is 2.01. The maximum Gasteiger partial charge on any atom is 0.282 e. The maximum absolute atomic E-state index is 10.7. The molecule has 0 bridgehead atoms. The van der Waals surface area contributed by atoms with Crippen molar-refractivity contribution in [1.29, 1.82) is 0 Å². The first kappa shape index (κ1) is 11.4. The number of nitro groups is 1. The minimum Gasteiger partial charge on any atom is -0.258 e. The molecule has 3 nitrogen and oxygen atoms in total. The summed E-state index contributed by atoms with van der Waals surface area (Å²) in [6, 6.07) is 5.38. The minimum atomic E-state index is -0.336. The standard InChI is InChI=1S/C10H12INO2/c1-10(2,3)7-4-5-8(11)9(6-7)12(13)14/h4-6H,1-3H3. The third-order valence-corrected chi connectivity index (χ3v) is 2.92. The summed E-state index contributed by atoms with van der Waals surface area (Å²) in [6.45, 7) is 6.12. The third kappa shape index (κ3) is 2.43. The molecule has 0 aliphatic rings. The van der Waals surface area contributed by atoms with Crippen LogP contribution in [0, 0.1) is 13.7 Å². The van der Waals surface area contributed by atoms with Crippen LogP contribution in [0.5, 0.6) is 0 Å². The number of nitro benzene ring substituents is 1. The Bertz CT molecular complexity index is 369. The molecule has 0 fully saturated rings. The Morgan fingerprint density at radius 2 is 1.93 bits per heavy atom. The largest absolute Gasteiger partial charge is 0.282 e. The number of benzene rings is 1. The first-order valence-corrected chi connectivity index (χ1v) is 5.34. The second-order valence-electron chi connectivity index (χ2n) is 4.17. The van der Waals surface area contributed by atoms with Gasteiger partial charge in [0.1, 0.15) is 0 Å². The smallest absolute Gasteiger partial charge is 0.258 e. The van der Waals surface area contributed by atoms with E-state index in [0.717, 1.165) is 5.56 Å². The van der Waals surface area contributed by atoms with Crippen LogP contribution in [0.1, 0.15) is 26.3 Å². The fraction of sp³-hybridized carbons (Fsp3) is 0.400. The summed E-state index contributed by atoms with van der Waals surface area (Å²) < 4.78 is 0.681. The monoisotopic (exact) mass is 305 g/mol. The van der Waals surface area contributed by atoms with Crippen molar-refractivity contribution in [1.82, 2.24) is 0 Å². The molecule has 0 aliphatic carbocycles. The normalized spacial score (nSPS) is 11.4. The number of rotatable bonds is 1. The SMILES string of the molecule is CC(C)(C)c1ccc(I)c([N+](=O)[O-])c1. The molecule has 1 rings (SSSR count). The Balaban J connectivity index is 3.27. The van der Waals surface area contributed by atoms with E-state index in [1.165, 1.54) is 0 Å². The van der Waals surface area contributed by atoms with Crippen LogP contribution in [0.25, 0.3) is 0 Å². The van der Waals surface area contributed by atoms with Crippen LogP contribution in [0.3, 0.4) is 0 Å². The van der Waals surface area contributed by atoms with Crippen molar-refractivity contribution in [2.75, 3.05) is 0 Å². The van der Waals surface area contributed by atoms with Gasteiger partial charge in [0, 0.05) is 6.07 Å². The molecule has 0 saturated carbocycles. The lowest BCUT2D eigenvalue weighted by molar-refractivity contribution is -0.385. The molecule has 0 aliphatic heterocycles. The highest BCUT2D eigenvalue weighted by atomic mass is 127. The molecule has 1 aromatic rings. The predicted octanol–water partition coefficient (Wildman–Crippen LogP) is 3.50. The Hall–Kier alpha value is -0.650. The lowest BCUT2D eigenvalue weighted by Crippen LogP contribution is -2.11. The van der Waals surface area contributed by atoms with E-state index in [1.54, 1.807) is 12.1 Å². The van der Waals surface area contributed by atoms with Crippen molar-refractivity contribution in [3.8, 4) is 0 Å². The summed E-state index contributed by atoms with van der Waals surface area (Å²) in [5, 5.41) is 10.7. The molecule has 1 aromatic carbocycles. The summed E-state index contributed by atoms with van der Waals surface area (Å²) in [5.74, 6) is 0. The van der Waals surface area contributed by atoms with Gasteiger partial charge in [-0.2, -0.15) is 0 Å². The minimum absolute atomic E-state index is 0.0465. The van der Waals surface area contributed by atoms with Gasteiger partial charge in [-0.3, -0.25) is 10.1 Å². The number of hydrogen-bond acceptors (Lipinski definition) is 2. The summed E-state index contributed by atoms with van der Waals surface area (Å²) in [6.07, 6.45) is 0. The van der Waals surface area contributed by atoms with E-state index in [1.807, 2.05) is 49.4 Å². The van der Waals surface area contributed by atoms with Gasteiger partial charge in [-0.25, -0.2) is 0 Å². The number of halogens is 1. The van der Waals surface area contributed by atoms with Gasteiger partial charge in [0.05, 0.1) is 8.49 Å². The molecule has 0 aromatic heterocycles. The van der Waals surface area contributed by atoms with Crippen LogP contribution in [0.4, 0.5) is 5.69 Å². The summed E-state index contributed by atoms with van der Waals surface area (Å²) in [7, 11) is 0. The zero-order valence-corrected chi connectivity index (χ0v) is 10.5. The van der Waals surface area contributed by atoms with Crippen molar-refractivity contribution in [3.63, 3.8) is 0 Å². The first-order valence-electron chi connectivity index (χ1n) is 4.27. The van der Waals surface area contributed by atoms with Crippen molar-refractivity contribution in [2.45, 2.75) is 26.2 Å². The van der Waals surface area contributed by atoms with Gasteiger partial charge in [0.2, 0.25) is 0 Å². The molecule has 0 saturated heterocycles. The topological polar surface area (TPSA) is 43.1 Å². The van der Waals surface area contributed by atoms with Crippen LogP contribution in [0.15, 0.2) is 18.2 Å². The van der Waals surface area contributed by atoms with Gasteiger partial charge in [-0.15, -0.1) is 0 Å². The average Bonchev–Trinajstić information content (AvgIpc) is 2.02. The van der Waals surface area contributed by atoms with Gasteiger partial charge in [0.15, 0.2) is 0 Å². The van der Waals surface area contributed by atoms with Gasteiger partial charge in [-0.1, -0.05) is 26.8 Å². The Morgan fingerprint density at radius 3 is 2.36 bits per heavy atom. The van der Waals surface area contributed by atoms with E-state index >= 15 is 0 Å². The fourth-order valence-corrected chi connectivity index (χ4v) is 1.65. The van der Waals surface area contributed by atoms with Crippen molar-refractivity contribution in [3.05, 3.63) is 37.4 Å². The molecule has 0 heterocycles. The molecular weight excluding hydrogens is 293 g/mol. The summed E-state index contributed by atoms with van der Waals surface area (Å²) in [5.41, 5.74) is 1.14. The molecule has 0 atom stereocenters. The molecular formula is C10H12INO2. The molecule has 0 spiro atoms. The van der Waals surface area contributed by atoms with Crippen molar-refractivity contribution < 1.29 is 4.92 Å². The summed E-state index contributed by atoms with van der Waals surface area (Å²) >= 11 is 1.98. The van der Waals surface area contributed by atoms with Crippen molar-refractivity contribution >= 4 is 28.3 Å². The molecule has 0 amide bonds. The Labute approximate surface area is 96.8 Å². The highest BCUT2D eigenvalue weighted by molar-refractivity contribution is 14.1. The average molecular weight is 305 g/mol. The van der Waals surface area contributed by atoms with E-state index in [0.29, 0.717) is 3.57 Å². The first-order chi connectivity index (χ1) is 6.32. The summed E-state index contributed by atoms with van der Waals surface area (Å²) in [4.78, 5) is 10.4.